The van der Waals surface area contributed by atoms with Crippen LogP contribution < -0.4 is 16.0 Å². The second kappa shape index (κ2) is 5.69. The summed E-state index contributed by atoms with van der Waals surface area (Å²) in [5.74, 6) is 0.334. The van der Waals surface area contributed by atoms with E-state index in [1.165, 1.54) is 0 Å². The molecule has 3 N–H and O–H groups in total. The topological polar surface area (TPSA) is 70.2 Å². The van der Waals surface area contributed by atoms with Gasteiger partial charge in [0.15, 0.2) is 0 Å². The molecule has 1 heterocycles. The summed E-state index contributed by atoms with van der Waals surface area (Å²) < 4.78 is 0. The number of carbonyl (C=O) groups is 2. The van der Waals surface area contributed by atoms with Gasteiger partial charge in [-0.25, -0.2) is 0 Å². The van der Waals surface area contributed by atoms with Gasteiger partial charge in [0, 0.05) is 25.4 Å². The van der Waals surface area contributed by atoms with Crippen molar-refractivity contribution in [2.24, 2.45) is 11.3 Å². The van der Waals surface area contributed by atoms with Crippen molar-refractivity contribution in [3.05, 3.63) is 0 Å². The molecule has 1 aliphatic heterocycles. The highest BCUT2D eigenvalue weighted by atomic mass is 16.2. The minimum Gasteiger partial charge on any atom is -0.356 e. The summed E-state index contributed by atoms with van der Waals surface area (Å²) in [6, 6.07) is 0. The first-order valence-electron chi connectivity index (χ1n) is 6.93. The molecule has 0 radical (unpaired) electrons. The van der Waals surface area contributed by atoms with Crippen LogP contribution in [-0.2, 0) is 9.59 Å². The number of hydrogen-bond acceptors (Lipinski definition) is 3. The van der Waals surface area contributed by atoms with Crippen LogP contribution in [0.4, 0.5) is 0 Å². The van der Waals surface area contributed by atoms with Crippen molar-refractivity contribution in [2.45, 2.75) is 32.6 Å². The highest BCUT2D eigenvalue weighted by Crippen LogP contribution is 2.58. The molecule has 1 unspecified atom stereocenters. The number of amides is 2. The molecule has 1 atom stereocenters. The average molecular weight is 253 g/mol. The van der Waals surface area contributed by atoms with Crippen LogP contribution in [0.3, 0.4) is 0 Å². The van der Waals surface area contributed by atoms with Gasteiger partial charge in [-0.1, -0.05) is 0 Å². The molecule has 1 aliphatic carbocycles. The normalized spacial score (nSPS) is 24.6. The van der Waals surface area contributed by atoms with Gasteiger partial charge in [0.2, 0.25) is 11.8 Å². The Balaban J connectivity index is 1.66. The molecule has 5 heteroatoms. The summed E-state index contributed by atoms with van der Waals surface area (Å²) in [5.41, 5.74) is 0.279. The van der Waals surface area contributed by atoms with E-state index in [1.807, 2.05) is 6.92 Å². The standard InChI is InChI=1S/C13H23N3O2/c1-2-15-11(17)3-6-16-12(18)10-9-13(10)4-7-14-8-5-13/h10,14H,2-9H2,1H3,(H,15,17)(H,16,18). The fourth-order valence-electron chi connectivity index (χ4n) is 2.90. The zero-order valence-electron chi connectivity index (χ0n) is 11.1. The molecule has 18 heavy (non-hydrogen) atoms. The first-order chi connectivity index (χ1) is 8.68. The lowest BCUT2D eigenvalue weighted by Gasteiger charge is -2.23. The molecule has 2 rings (SSSR count). The maximum Gasteiger partial charge on any atom is 0.223 e. The third kappa shape index (κ3) is 3.02. The predicted molar refractivity (Wildman–Crippen MR) is 69.0 cm³/mol. The van der Waals surface area contributed by atoms with Gasteiger partial charge in [0.25, 0.3) is 0 Å². The Morgan fingerprint density at radius 3 is 2.67 bits per heavy atom. The van der Waals surface area contributed by atoms with Gasteiger partial charge in [-0.2, -0.15) is 0 Å². The van der Waals surface area contributed by atoms with Crippen LogP contribution in [0.5, 0.6) is 0 Å². The zero-order valence-corrected chi connectivity index (χ0v) is 11.1. The molecular weight excluding hydrogens is 230 g/mol. The molecule has 0 aromatic heterocycles. The highest BCUT2D eigenvalue weighted by Gasteiger charge is 2.57. The Bertz CT molecular complexity index is 324. The number of carbonyl (C=O) groups excluding carboxylic acids is 2. The molecule has 2 fully saturated rings. The Morgan fingerprint density at radius 1 is 1.28 bits per heavy atom. The molecule has 1 spiro atoms. The van der Waals surface area contributed by atoms with Crippen LogP contribution >= 0.6 is 0 Å². The largest absolute Gasteiger partial charge is 0.356 e. The van der Waals surface area contributed by atoms with Gasteiger partial charge in [-0.05, 0) is 44.7 Å². The Labute approximate surface area is 108 Å². The molecule has 0 aromatic carbocycles. The van der Waals surface area contributed by atoms with E-state index < -0.39 is 0 Å². The molecule has 102 valence electrons. The van der Waals surface area contributed by atoms with E-state index in [2.05, 4.69) is 16.0 Å². The van der Waals surface area contributed by atoms with Crippen LogP contribution in [0.1, 0.15) is 32.6 Å². The van der Waals surface area contributed by atoms with Crippen molar-refractivity contribution in [2.75, 3.05) is 26.2 Å². The van der Waals surface area contributed by atoms with E-state index in [0.29, 0.717) is 19.5 Å². The first-order valence-corrected chi connectivity index (χ1v) is 6.93. The smallest absolute Gasteiger partial charge is 0.223 e. The number of nitrogens with one attached hydrogen (secondary N) is 3. The van der Waals surface area contributed by atoms with Crippen molar-refractivity contribution < 1.29 is 9.59 Å². The first kappa shape index (κ1) is 13.3. The second-order valence-corrected chi connectivity index (χ2v) is 5.36. The number of piperidine rings is 1. The lowest BCUT2D eigenvalue weighted by atomic mass is 9.92. The van der Waals surface area contributed by atoms with E-state index in [0.717, 1.165) is 32.4 Å². The molecule has 2 aliphatic rings. The molecule has 0 aromatic rings. The van der Waals surface area contributed by atoms with Crippen molar-refractivity contribution >= 4 is 11.8 Å². The Hall–Kier alpha value is -1.10. The van der Waals surface area contributed by atoms with E-state index in [-0.39, 0.29) is 23.1 Å². The van der Waals surface area contributed by atoms with Gasteiger partial charge in [-0.3, -0.25) is 9.59 Å². The third-order valence-electron chi connectivity index (χ3n) is 4.13. The molecular formula is C13H23N3O2. The quantitative estimate of drug-likeness (QED) is 0.647. The van der Waals surface area contributed by atoms with E-state index in [4.69, 9.17) is 0 Å². The SMILES string of the molecule is CCNC(=O)CCNC(=O)C1CC12CCNCC2. The maximum atomic E-state index is 12.0. The van der Waals surface area contributed by atoms with Gasteiger partial charge < -0.3 is 16.0 Å². The summed E-state index contributed by atoms with van der Waals surface area (Å²) >= 11 is 0. The molecule has 1 saturated heterocycles. The summed E-state index contributed by atoms with van der Waals surface area (Å²) in [7, 11) is 0. The summed E-state index contributed by atoms with van der Waals surface area (Å²) in [5, 5.41) is 8.94. The molecule has 1 saturated carbocycles. The third-order valence-corrected chi connectivity index (χ3v) is 4.13. The van der Waals surface area contributed by atoms with E-state index in [9.17, 15) is 9.59 Å². The lowest BCUT2D eigenvalue weighted by Crippen LogP contribution is -2.35. The van der Waals surface area contributed by atoms with Crippen LogP contribution in [0.25, 0.3) is 0 Å². The van der Waals surface area contributed by atoms with Crippen LogP contribution in [0, 0.1) is 11.3 Å². The van der Waals surface area contributed by atoms with Gasteiger partial charge in [0.05, 0.1) is 0 Å². The summed E-state index contributed by atoms with van der Waals surface area (Å²) in [6.45, 7) is 5.05. The molecule has 5 nitrogen and oxygen atoms in total. The fraction of sp³-hybridized carbons (Fsp3) is 0.846. The van der Waals surface area contributed by atoms with Crippen LogP contribution in [-0.4, -0.2) is 38.0 Å². The minimum atomic E-state index is 0.00479. The fourth-order valence-corrected chi connectivity index (χ4v) is 2.90. The van der Waals surface area contributed by atoms with Crippen LogP contribution in [0.2, 0.25) is 0 Å². The van der Waals surface area contributed by atoms with Crippen molar-refractivity contribution in [3.63, 3.8) is 0 Å². The minimum absolute atomic E-state index is 0.00479. The van der Waals surface area contributed by atoms with Crippen molar-refractivity contribution in [1.29, 1.82) is 0 Å². The van der Waals surface area contributed by atoms with Crippen molar-refractivity contribution in [3.8, 4) is 0 Å². The summed E-state index contributed by atoms with van der Waals surface area (Å²) in [4.78, 5) is 23.2. The number of hydrogen-bond donors (Lipinski definition) is 3. The van der Waals surface area contributed by atoms with Crippen molar-refractivity contribution in [1.82, 2.24) is 16.0 Å². The Morgan fingerprint density at radius 2 is 2.00 bits per heavy atom. The van der Waals surface area contributed by atoms with Crippen LogP contribution in [0.15, 0.2) is 0 Å². The summed E-state index contributed by atoms with van der Waals surface area (Å²) in [6.07, 6.45) is 3.63. The molecule has 2 amide bonds. The maximum absolute atomic E-state index is 12.0. The van der Waals surface area contributed by atoms with E-state index in [1.54, 1.807) is 0 Å². The average Bonchev–Trinajstić information content (AvgIpc) is 3.04. The molecule has 0 bridgehead atoms. The predicted octanol–water partition coefficient (Wildman–Crippen LogP) is 0.0185. The van der Waals surface area contributed by atoms with Gasteiger partial charge >= 0.3 is 0 Å². The lowest BCUT2D eigenvalue weighted by molar-refractivity contribution is -0.123. The van der Waals surface area contributed by atoms with E-state index >= 15 is 0 Å². The zero-order chi connectivity index (χ0) is 13.0. The number of rotatable bonds is 5. The second-order valence-electron chi connectivity index (χ2n) is 5.36. The van der Waals surface area contributed by atoms with Gasteiger partial charge in [0.1, 0.15) is 0 Å². The highest BCUT2D eigenvalue weighted by molar-refractivity contribution is 5.83. The monoisotopic (exact) mass is 253 g/mol. The van der Waals surface area contributed by atoms with Gasteiger partial charge in [-0.15, -0.1) is 0 Å². The Kier molecular flexibility index (Phi) is 4.22.